The molecule has 0 bridgehead atoms. The third-order valence-electron chi connectivity index (χ3n) is 3.26. The molecule has 0 amide bonds. The molecule has 0 radical (unpaired) electrons. The number of nitrogens with two attached hydrogens (primary N) is 1. The van der Waals surface area contributed by atoms with Crippen LogP contribution >= 0.6 is 11.8 Å². The fraction of sp³-hybridized carbons (Fsp3) is 0.500. The molecule has 1 aliphatic rings. The number of benzene rings is 1. The molecule has 2 N–H and O–H groups in total. The summed E-state index contributed by atoms with van der Waals surface area (Å²) in [5, 5.41) is 0. The monoisotopic (exact) mass is 286 g/mol. The summed E-state index contributed by atoms with van der Waals surface area (Å²) in [5.74, 6) is 2.28. The van der Waals surface area contributed by atoms with Crippen molar-refractivity contribution < 1.29 is 8.42 Å². The van der Waals surface area contributed by atoms with Crippen LogP contribution in [0.3, 0.4) is 0 Å². The molecular formula is C12H18N2O2S2. The Labute approximate surface area is 112 Å². The van der Waals surface area contributed by atoms with Crippen LogP contribution in [0.1, 0.15) is 6.42 Å². The van der Waals surface area contributed by atoms with E-state index < -0.39 is 9.84 Å². The number of anilines is 2. The van der Waals surface area contributed by atoms with Gasteiger partial charge in [0.15, 0.2) is 9.84 Å². The van der Waals surface area contributed by atoms with Crippen LogP contribution in [0.4, 0.5) is 11.4 Å². The lowest BCUT2D eigenvalue weighted by Crippen LogP contribution is -2.31. The quantitative estimate of drug-likeness (QED) is 0.855. The Morgan fingerprint density at radius 1 is 1.44 bits per heavy atom. The molecule has 1 heterocycles. The molecule has 1 aliphatic heterocycles. The normalized spacial score (nSPS) is 20.0. The van der Waals surface area contributed by atoms with Crippen LogP contribution in [-0.2, 0) is 9.84 Å². The zero-order chi connectivity index (χ0) is 13.3. The second-order valence-corrected chi connectivity index (χ2v) is 7.79. The highest BCUT2D eigenvalue weighted by Crippen LogP contribution is 2.31. The van der Waals surface area contributed by atoms with E-state index >= 15 is 0 Å². The van der Waals surface area contributed by atoms with Gasteiger partial charge < -0.3 is 10.6 Å². The molecule has 0 saturated carbocycles. The maximum Gasteiger partial charge on any atom is 0.175 e. The molecule has 6 heteroatoms. The molecule has 0 spiro atoms. The summed E-state index contributed by atoms with van der Waals surface area (Å²) in [5.41, 5.74) is 7.41. The van der Waals surface area contributed by atoms with Gasteiger partial charge >= 0.3 is 0 Å². The van der Waals surface area contributed by atoms with Gasteiger partial charge in [-0.3, -0.25) is 0 Å². The molecule has 2 rings (SSSR count). The number of thioether (sulfide) groups is 1. The van der Waals surface area contributed by atoms with E-state index in [1.54, 1.807) is 18.2 Å². The van der Waals surface area contributed by atoms with E-state index in [9.17, 15) is 8.42 Å². The Bertz CT molecular complexity index is 537. The van der Waals surface area contributed by atoms with Crippen LogP contribution in [0.5, 0.6) is 0 Å². The maximum atomic E-state index is 11.4. The van der Waals surface area contributed by atoms with E-state index in [0.717, 1.165) is 17.9 Å². The minimum atomic E-state index is -3.19. The van der Waals surface area contributed by atoms with Gasteiger partial charge in [-0.05, 0) is 30.4 Å². The lowest BCUT2D eigenvalue weighted by molar-refractivity contribution is 0.602. The second kappa shape index (κ2) is 5.01. The van der Waals surface area contributed by atoms with Crippen molar-refractivity contribution in [2.75, 3.05) is 35.4 Å². The summed E-state index contributed by atoms with van der Waals surface area (Å²) in [6, 6.07) is 5.46. The summed E-state index contributed by atoms with van der Waals surface area (Å²) in [6.45, 7) is 0. The zero-order valence-corrected chi connectivity index (χ0v) is 12.2. The Morgan fingerprint density at radius 2 is 2.17 bits per heavy atom. The molecule has 18 heavy (non-hydrogen) atoms. The second-order valence-electron chi connectivity index (χ2n) is 4.62. The number of sulfone groups is 1. The maximum absolute atomic E-state index is 11.4. The van der Waals surface area contributed by atoms with Gasteiger partial charge in [0, 0.05) is 25.1 Å². The van der Waals surface area contributed by atoms with Gasteiger partial charge in [0.2, 0.25) is 0 Å². The third kappa shape index (κ3) is 2.75. The van der Waals surface area contributed by atoms with Crippen LogP contribution in [0, 0.1) is 0 Å². The smallest absolute Gasteiger partial charge is 0.175 e. The largest absolute Gasteiger partial charge is 0.397 e. The van der Waals surface area contributed by atoms with Crippen LogP contribution in [0.25, 0.3) is 0 Å². The van der Waals surface area contributed by atoms with Gasteiger partial charge in [-0.15, -0.1) is 0 Å². The van der Waals surface area contributed by atoms with Crippen molar-refractivity contribution in [2.45, 2.75) is 17.4 Å². The lowest BCUT2D eigenvalue weighted by Gasteiger charge is -2.27. The first kappa shape index (κ1) is 13.5. The summed E-state index contributed by atoms with van der Waals surface area (Å²) >= 11 is 1.94. The van der Waals surface area contributed by atoms with E-state index in [0.29, 0.717) is 11.7 Å². The number of nitrogen functional groups attached to an aromatic ring is 1. The Morgan fingerprint density at radius 3 is 2.67 bits per heavy atom. The molecule has 1 fully saturated rings. The van der Waals surface area contributed by atoms with Gasteiger partial charge in [0.25, 0.3) is 0 Å². The first-order valence-electron chi connectivity index (χ1n) is 5.80. The highest BCUT2D eigenvalue weighted by molar-refractivity contribution is 7.99. The summed E-state index contributed by atoms with van der Waals surface area (Å²) < 4.78 is 22.9. The first-order valence-corrected chi connectivity index (χ1v) is 8.84. The van der Waals surface area contributed by atoms with Crippen molar-refractivity contribution in [3.8, 4) is 0 Å². The van der Waals surface area contributed by atoms with Gasteiger partial charge in [-0.25, -0.2) is 8.42 Å². The van der Waals surface area contributed by atoms with Crippen LogP contribution < -0.4 is 10.6 Å². The molecule has 4 nitrogen and oxygen atoms in total. The summed E-state index contributed by atoms with van der Waals surface area (Å²) in [4.78, 5) is 2.43. The van der Waals surface area contributed by atoms with E-state index in [-0.39, 0.29) is 4.90 Å². The van der Waals surface area contributed by atoms with Crippen molar-refractivity contribution in [1.82, 2.24) is 0 Å². The number of hydrogen-bond donors (Lipinski definition) is 1. The zero-order valence-electron chi connectivity index (χ0n) is 10.6. The molecule has 1 unspecified atom stereocenters. The number of nitrogens with zero attached hydrogens (tertiary/aromatic N) is 1. The average molecular weight is 286 g/mol. The molecule has 0 aromatic heterocycles. The van der Waals surface area contributed by atoms with E-state index in [1.165, 1.54) is 12.0 Å². The summed E-state index contributed by atoms with van der Waals surface area (Å²) in [6.07, 6.45) is 2.34. The Kier molecular flexibility index (Phi) is 3.77. The first-order chi connectivity index (χ1) is 8.39. The SMILES string of the molecule is CN(c1ccc(S(C)(=O)=O)cc1N)C1CCSC1. The van der Waals surface area contributed by atoms with Crippen molar-refractivity contribution in [3.63, 3.8) is 0 Å². The minimum absolute atomic E-state index is 0.276. The van der Waals surface area contributed by atoms with E-state index in [4.69, 9.17) is 5.73 Å². The summed E-state index contributed by atoms with van der Waals surface area (Å²) in [7, 11) is -1.17. The fourth-order valence-electron chi connectivity index (χ4n) is 2.11. The topological polar surface area (TPSA) is 63.4 Å². The van der Waals surface area contributed by atoms with Crippen molar-refractivity contribution >= 4 is 33.0 Å². The van der Waals surface area contributed by atoms with Gasteiger partial charge in [-0.1, -0.05) is 0 Å². The van der Waals surface area contributed by atoms with Gasteiger partial charge in [0.05, 0.1) is 16.3 Å². The van der Waals surface area contributed by atoms with Crippen molar-refractivity contribution in [3.05, 3.63) is 18.2 Å². The predicted molar refractivity (Wildman–Crippen MR) is 78.1 cm³/mol. The van der Waals surface area contributed by atoms with Crippen LogP contribution in [0.15, 0.2) is 23.1 Å². The molecule has 1 aromatic rings. The predicted octanol–water partition coefficient (Wildman–Crippen LogP) is 1.61. The lowest BCUT2D eigenvalue weighted by atomic mass is 10.2. The highest BCUT2D eigenvalue weighted by Gasteiger charge is 2.22. The van der Waals surface area contributed by atoms with E-state index in [1.807, 2.05) is 18.8 Å². The van der Waals surface area contributed by atoms with Gasteiger partial charge in [-0.2, -0.15) is 11.8 Å². The Hall–Kier alpha value is -0.880. The van der Waals surface area contributed by atoms with Crippen molar-refractivity contribution in [2.24, 2.45) is 0 Å². The minimum Gasteiger partial charge on any atom is -0.397 e. The van der Waals surface area contributed by atoms with Crippen LogP contribution in [-0.4, -0.2) is 39.3 Å². The standard InChI is InChI=1S/C12H18N2O2S2/c1-14(9-5-6-17-8-9)12-4-3-10(7-11(12)13)18(2,15)16/h3-4,7,9H,5-6,8,13H2,1-2H3. The number of rotatable bonds is 3. The molecule has 0 aliphatic carbocycles. The average Bonchev–Trinajstić information content (AvgIpc) is 2.80. The highest BCUT2D eigenvalue weighted by atomic mass is 32.2. The molecule has 1 saturated heterocycles. The molecule has 1 aromatic carbocycles. The third-order valence-corrected chi connectivity index (χ3v) is 5.52. The van der Waals surface area contributed by atoms with Crippen LogP contribution in [0.2, 0.25) is 0 Å². The van der Waals surface area contributed by atoms with Crippen molar-refractivity contribution in [1.29, 1.82) is 0 Å². The number of hydrogen-bond acceptors (Lipinski definition) is 5. The Balaban J connectivity index is 2.29. The molecule has 100 valence electrons. The molecule has 1 atom stereocenters. The van der Waals surface area contributed by atoms with Gasteiger partial charge in [0.1, 0.15) is 0 Å². The van der Waals surface area contributed by atoms with E-state index in [2.05, 4.69) is 4.90 Å². The fourth-order valence-corrected chi connectivity index (χ4v) is 4.03. The molecular weight excluding hydrogens is 268 g/mol.